The van der Waals surface area contributed by atoms with Gasteiger partial charge >= 0.3 is 7.60 Å². The second-order valence-electron chi connectivity index (χ2n) is 5.41. The van der Waals surface area contributed by atoms with Gasteiger partial charge in [0.2, 0.25) is 0 Å². The first-order chi connectivity index (χ1) is 11.5. The van der Waals surface area contributed by atoms with Crippen molar-refractivity contribution in [3.05, 3.63) is 39.8 Å². The summed E-state index contributed by atoms with van der Waals surface area (Å²) in [5, 5.41) is 0.508. The van der Waals surface area contributed by atoms with E-state index >= 15 is 0 Å². The van der Waals surface area contributed by atoms with Crippen LogP contribution in [-0.4, -0.2) is 24.6 Å². The molecule has 1 aliphatic heterocycles. The molecule has 4 nitrogen and oxygen atoms in total. The molecule has 0 amide bonds. The highest BCUT2D eigenvalue weighted by Crippen LogP contribution is 2.53. The van der Waals surface area contributed by atoms with E-state index in [0.29, 0.717) is 29.7 Å². The van der Waals surface area contributed by atoms with Crippen LogP contribution in [0.4, 0.5) is 4.39 Å². The molecule has 8 heteroatoms. The number of halogens is 1. The normalized spacial score (nSPS) is 17.4. The van der Waals surface area contributed by atoms with Crippen molar-refractivity contribution in [3.8, 4) is 0 Å². The maximum absolute atomic E-state index is 13.4. The summed E-state index contributed by atoms with van der Waals surface area (Å²) in [6, 6.07) is 4.23. The van der Waals surface area contributed by atoms with E-state index < -0.39 is 7.60 Å². The molecule has 0 bridgehead atoms. The topological polar surface area (TPSA) is 52.6 Å². The van der Waals surface area contributed by atoms with Crippen molar-refractivity contribution >= 4 is 40.8 Å². The van der Waals surface area contributed by atoms with Gasteiger partial charge in [-0.1, -0.05) is 0 Å². The van der Waals surface area contributed by atoms with E-state index in [2.05, 4.69) is 0 Å². The maximum Gasteiger partial charge on any atom is 0.331 e. The summed E-state index contributed by atoms with van der Waals surface area (Å²) in [5.41, 5.74) is 0.671. The van der Waals surface area contributed by atoms with Crippen LogP contribution in [-0.2, 0) is 20.0 Å². The summed E-state index contributed by atoms with van der Waals surface area (Å²) in [7, 11) is -3.15. The van der Waals surface area contributed by atoms with Crippen molar-refractivity contribution in [1.29, 1.82) is 0 Å². The summed E-state index contributed by atoms with van der Waals surface area (Å²) < 4.78 is 38.3. The number of hydrogen-bond donors (Lipinski definition) is 0. The Labute approximate surface area is 147 Å². The molecule has 0 saturated carbocycles. The van der Waals surface area contributed by atoms with Crippen LogP contribution in [0, 0.1) is 5.82 Å². The van der Waals surface area contributed by atoms with Crippen molar-refractivity contribution < 1.29 is 18.0 Å². The lowest BCUT2D eigenvalue weighted by Gasteiger charge is -2.19. The van der Waals surface area contributed by atoms with E-state index in [9.17, 15) is 13.8 Å². The van der Waals surface area contributed by atoms with Gasteiger partial charge in [-0.25, -0.2) is 4.39 Å². The average molecular weight is 388 g/mol. The highest BCUT2D eigenvalue weighted by molar-refractivity contribution is 8.02. The van der Waals surface area contributed by atoms with Gasteiger partial charge in [-0.2, -0.15) is 0 Å². The van der Waals surface area contributed by atoms with Gasteiger partial charge in [-0.15, -0.1) is 23.1 Å². The van der Waals surface area contributed by atoms with E-state index in [1.54, 1.807) is 13.8 Å². The van der Waals surface area contributed by atoms with E-state index in [1.165, 1.54) is 41.3 Å². The lowest BCUT2D eigenvalue weighted by Crippen LogP contribution is -2.15. The molecule has 3 rings (SSSR count). The number of benzene rings is 1. The number of hydrogen-bond acceptors (Lipinski definition) is 6. The zero-order valence-electron chi connectivity index (χ0n) is 13.4. The van der Waals surface area contributed by atoms with Crippen molar-refractivity contribution in [2.24, 2.45) is 0 Å². The number of fused-ring (bicyclic) bond motifs is 2. The molecular formula is C16H18FO4PS2. The fraction of sp³-hybridized carbons (Fsp3) is 0.438. The quantitative estimate of drug-likeness (QED) is 0.673. The van der Waals surface area contributed by atoms with Gasteiger partial charge < -0.3 is 9.05 Å². The molecule has 2 aromatic rings. The van der Waals surface area contributed by atoms with Gasteiger partial charge in [0.15, 0.2) is 5.43 Å². The molecule has 130 valence electrons. The molecule has 1 aromatic carbocycles. The van der Waals surface area contributed by atoms with Crippen LogP contribution >= 0.6 is 30.7 Å². The lowest BCUT2D eigenvalue weighted by atomic mass is 10.1. The third kappa shape index (κ3) is 3.60. The van der Waals surface area contributed by atoms with Gasteiger partial charge in [-0.3, -0.25) is 9.36 Å². The summed E-state index contributed by atoms with van der Waals surface area (Å²) in [6.07, 6.45) is 0.803. The molecule has 0 spiro atoms. The fourth-order valence-electron chi connectivity index (χ4n) is 2.76. The summed E-state index contributed by atoms with van der Waals surface area (Å²) in [4.78, 5) is 12.6. The monoisotopic (exact) mass is 388 g/mol. The number of thioether (sulfide) groups is 1. The van der Waals surface area contributed by atoms with Crippen molar-refractivity contribution in [2.45, 2.75) is 29.7 Å². The Bertz CT molecular complexity index is 857. The van der Waals surface area contributed by atoms with E-state index in [4.69, 9.17) is 9.05 Å². The molecule has 2 heterocycles. The van der Waals surface area contributed by atoms with Crippen LogP contribution in [0.5, 0.6) is 0 Å². The first-order valence-electron chi connectivity index (χ1n) is 7.75. The van der Waals surface area contributed by atoms with Gasteiger partial charge in [-0.05, 0) is 38.5 Å². The molecule has 1 aromatic heterocycles. The zero-order valence-corrected chi connectivity index (χ0v) is 15.9. The molecular weight excluding hydrogens is 370 g/mol. The summed E-state index contributed by atoms with van der Waals surface area (Å²) >= 11 is 2.93. The Kier molecular flexibility index (Phi) is 5.47. The first-order valence-corrected chi connectivity index (χ1v) is 11.2. The summed E-state index contributed by atoms with van der Waals surface area (Å²) in [6.45, 7) is 4.20. The molecule has 0 saturated heterocycles. The van der Waals surface area contributed by atoms with E-state index in [1.807, 2.05) is 0 Å². The second-order valence-corrected chi connectivity index (χ2v) is 10.1. The van der Waals surface area contributed by atoms with Gasteiger partial charge in [0, 0.05) is 20.9 Å². The highest BCUT2D eigenvalue weighted by Gasteiger charge is 2.34. The fourth-order valence-corrected chi connectivity index (χ4v) is 7.99. The highest BCUT2D eigenvalue weighted by atomic mass is 32.2. The molecule has 1 unspecified atom stereocenters. The van der Waals surface area contributed by atoms with Crippen LogP contribution in [0.3, 0.4) is 0 Å². The predicted molar refractivity (Wildman–Crippen MR) is 97.1 cm³/mol. The lowest BCUT2D eigenvalue weighted by molar-refractivity contribution is 0.220. The zero-order chi connectivity index (χ0) is 17.3. The SMILES string of the molecule is CCOP(=O)(CC1Cc2c(sc3cc(F)ccc3c2=O)S1)OCC. The Balaban J connectivity index is 1.89. The average Bonchev–Trinajstić information content (AvgIpc) is 2.89. The first kappa shape index (κ1) is 18.1. The third-order valence-corrected chi connectivity index (χ3v) is 8.79. The largest absolute Gasteiger partial charge is 0.331 e. The minimum Gasteiger partial charge on any atom is -0.309 e. The minimum atomic E-state index is -3.15. The van der Waals surface area contributed by atoms with Crippen molar-refractivity contribution in [2.75, 3.05) is 19.4 Å². The van der Waals surface area contributed by atoms with Crippen LogP contribution in [0.2, 0.25) is 0 Å². The van der Waals surface area contributed by atoms with E-state index in [-0.39, 0.29) is 22.7 Å². The Morgan fingerprint density at radius 1 is 1.29 bits per heavy atom. The molecule has 0 radical (unpaired) electrons. The van der Waals surface area contributed by atoms with Crippen LogP contribution in [0.1, 0.15) is 19.4 Å². The molecule has 24 heavy (non-hydrogen) atoms. The Hall–Kier alpha value is -0.720. The molecule has 1 atom stereocenters. The minimum absolute atomic E-state index is 0.0328. The van der Waals surface area contributed by atoms with Gasteiger partial charge in [0.05, 0.1) is 23.6 Å². The molecule has 0 aliphatic carbocycles. The standard InChI is InChI=1S/C16H18FO4PS2/c1-3-20-22(19,21-4-2)9-11-8-13-15(18)12-6-5-10(17)7-14(12)24-16(13)23-11/h5-7,11H,3-4,8-9H2,1-2H3. The molecule has 0 fully saturated rings. The smallest absolute Gasteiger partial charge is 0.309 e. The number of rotatable bonds is 6. The van der Waals surface area contributed by atoms with Crippen molar-refractivity contribution in [3.63, 3.8) is 0 Å². The predicted octanol–water partition coefficient (Wildman–Crippen LogP) is 4.68. The van der Waals surface area contributed by atoms with Crippen molar-refractivity contribution in [1.82, 2.24) is 0 Å². The summed E-state index contributed by atoms with van der Waals surface area (Å²) in [5.74, 6) is -0.352. The maximum atomic E-state index is 13.4. The van der Waals surface area contributed by atoms with Gasteiger partial charge in [0.1, 0.15) is 5.82 Å². The second kappa shape index (κ2) is 7.26. The Morgan fingerprint density at radius 2 is 2.00 bits per heavy atom. The van der Waals surface area contributed by atoms with Crippen LogP contribution in [0.25, 0.3) is 10.1 Å². The third-order valence-electron chi connectivity index (χ3n) is 3.70. The van der Waals surface area contributed by atoms with Gasteiger partial charge in [0.25, 0.3) is 0 Å². The van der Waals surface area contributed by atoms with Crippen LogP contribution in [0.15, 0.2) is 27.2 Å². The van der Waals surface area contributed by atoms with E-state index in [0.717, 1.165) is 9.77 Å². The Morgan fingerprint density at radius 3 is 2.67 bits per heavy atom. The molecule has 0 N–H and O–H groups in total. The van der Waals surface area contributed by atoms with Crippen LogP contribution < -0.4 is 5.43 Å². The molecule has 1 aliphatic rings.